The van der Waals surface area contributed by atoms with Crippen LogP contribution in [0.25, 0.3) is 0 Å². The molecule has 0 saturated carbocycles. The molecule has 110 valence electrons. The molecule has 0 spiro atoms. The quantitative estimate of drug-likeness (QED) is 0.843. The molecule has 2 aliphatic heterocycles. The van der Waals surface area contributed by atoms with E-state index in [9.17, 15) is 4.79 Å². The van der Waals surface area contributed by atoms with Gasteiger partial charge in [-0.3, -0.25) is 9.69 Å². The zero-order chi connectivity index (χ0) is 13.7. The highest BCUT2D eigenvalue weighted by atomic mass is 16.3. The van der Waals surface area contributed by atoms with Crippen LogP contribution in [0.4, 0.5) is 0 Å². The fourth-order valence-corrected chi connectivity index (χ4v) is 3.24. The largest absolute Gasteiger partial charge is 0.396 e. The van der Waals surface area contributed by atoms with Crippen molar-refractivity contribution in [2.45, 2.75) is 51.5 Å². The van der Waals surface area contributed by atoms with Crippen LogP contribution in [0.2, 0.25) is 0 Å². The number of amides is 1. The maximum atomic E-state index is 12.5. The lowest BCUT2D eigenvalue weighted by Gasteiger charge is -2.36. The predicted molar refractivity (Wildman–Crippen MR) is 75.9 cm³/mol. The van der Waals surface area contributed by atoms with Crippen molar-refractivity contribution in [3.63, 3.8) is 0 Å². The van der Waals surface area contributed by atoms with Gasteiger partial charge in [-0.2, -0.15) is 0 Å². The normalized spacial score (nSPS) is 25.1. The molecular formula is C15H28N2O2. The second-order valence-corrected chi connectivity index (χ2v) is 6.08. The first-order valence-electron chi connectivity index (χ1n) is 7.86. The molecule has 0 aliphatic carbocycles. The van der Waals surface area contributed by atoms with Gasteiger partial charge >= 0.3 is 0 Å². The van der Waals surface area contributed by atoms with Gasteiger partial charge in [-0.05, 0) is 51.6 Å². The average molecular weight is 268 g/mol. The number of carbonyl (C=O) groups excluding carboxylic acids is 1. The minimum absolute atomic E-state index is 0.0313. The molecule has 2 aliphatic rings. The van der Waals surface area contributed by atoms with Crippen LogP contribution in [0, 0.1) is 5.92 Å². The molecule has 2 rings (SSSR count). The number of piperidine rings is 1. The van der Waals surface area contributed by atoms with Crippen LogP contribution < -0.4 is 0 Å². The van der Waals surface area contributed by atoms with Crippen molar-refractivity contribution >= 4 is 5.91 Å². The van der Waals surface area contributed by atoms with Crippen molar-refractivity contribution in [2.24, 2.45) is 5.92 Å². The van der Waals surface area contributed by atoms with E-state index in [1.54, 1.807) is 0 Å². The molecule has 4 heteroatoms. The summed E-state index contributed by atoms with van der Waals surface area (Å²) in [4.78, 5) is 16.9. The molecule has 1 atom stereocenters. The van der Waals surface area contributed by atoms with Crippen LogP contribution in [0.3, 0.4) is 0 Å². The lowest BCUT2D eigenvalue weighted by molar-refractivity contribution is -0.138. The molecule has 2 fully saturated rings. The zero-order valence-corrected chi connectivity index (χ0v) is 12.2. The molecule has 2 saturated heterocycles. The first-order chi connectivity index (χ1) is 9.22. The molecule has 0 aromatic heterocycles. The molecule has 19 heavy (non-hydrogen) atoms. The van der Waals surface area contributed by atoms with Crippen LogP contribution in [0.1, 0.15) is 45.4 Å². The summed E-state index contributed by atoms with van der Waals surface area (Å²) in [6.07, 6.45) is 6.97. The van der Waals surface area contributed by atoms with Gasteiger partial charge in [-0.25, -0.2) is 0 Å². The monoisotopic (exact) mass is 268 g/mol. The van der Waals surface area contributed by atoms with Crippen LogP contribution in [0.15, 0.2) is 0 Å². The van der Waals surface area contributed by atoms with Gasteiger partial charge in [0.25, 0.3) is 0 Å². The molecule has 1 amide bonds. The Morgan fingerprint density at radius 1 is 1.11 bits per heavy atom. The highest BCUT2D eigenvalue weighted by Gasteiger charge is 2.29. The third-order valence-corrected chi connectivity index (χ3v) is 4.73. The summed E-state index contributed by atoms with van der Waals surface area (Å²) in [5, 5.41) is 9.15. The number of rotatable bonds is 3. The summed E-state index contributed by atoms with van der Waals surface area (Å²) in [6, 6.07) is 0.0313. The number of nitrogens with zero attached hydrogens (tertiary/aromatic N) is 2. The number of carbonyl (C=O) groups is 1. The first kappa shape index (κ1) is 14.8. The zero-order valence-electron chi connectivity index (χ0n) is 12.2. The topological polar surface area (TPSA) is 43.8 Å². The summed E-state index contributed by atoms with van der Waals surface area (Å²) in [5.41, 5.74) is 0. The molecule has 0 bridgehead atoms. The lowest BCUT2D eigenvalue weighted by atomic mass is 9.97. The van der Waals surface area contributed by atoms with Crippen molar-refractivity contribution in [1.29, 1.82) is 0 Å². The molecule has 1 unspecified atom stereocenters. The predicted octanol–water partition coefficient (Wildman–Crippen LogP) is 1.48. The first-order valence-corrected chi connectivity index (χ1v) is 7.86. The van der Waals surface area contributed by atoms with Gasteiger partial charge in [0.05, 0.1) is 6.04 Å². The Hall–Kier alpha value is -0.610. The van der Waals surface area contributed by atoms with E-state index in [0.717, 1.165) is 39.0 Å². The summed E-state index contributed by atoms with van der Waals surface area (Å²) in [7, 11) is 0. The third-order valence-electron chi connectivity index (χ3n) is 4.73. The van der Waals surface area contributed by atoms with E-state index in [1.807, 2.05) is 4.90 Å². The van der Waals surface area contributed by atoms with E-state index in [-0.39, 0.29) is 12.6 Å². The van der Waals surface area contributed by atoms with Gasteiger partial charge in [-0.15, -0.1) is 0 Å². The van der Waals surface area contributed by atoms with Crippen molar-refractivity contribution in [2.75, 3.05) is 32.8 Å². The van der Waals surface area contributed by atoms with Gasteiger partial charge in [0, 0.05) is 19.7 Å². The van der Waals surface area contributed by atoms with Crippen LogP contribution in [-0.4, -0.2) is 59.6 Å². The standard InChI is InChI=1S/C15H28N2O2/c1-13(16-8-4-2-3-5-9-16)15(19)17-10-6-14(12-18)7-11-17/h13-14,18H,2-12H2,1H3. The Bertz CT molecular complexity index is 280. The highest BCUT2D eigenvalue weighted by Crippen LogP contribution is 2.19. The van der Waals surface area contributed by atoms with Crippen LogP contribution >= 0.6 is 0 Å². The number of hydrogen-bond acceptors (Lipinski definition) is 3. The molecule has 1 N–H and O–H groups in total. The van der Waals surface area contributed by atoms with Crippen LogP contribution in [-0.2, 0) is 4.79 Å². The van der Waals surface area contributed by atoms with E-state index in [4.69, 9.17) is 5.11 Å². The molecular weight excluding hydrogens is 240 g/mol. The Morgan fingerprint density at radius 3 is 2.21 bits per heavy atom. The summed E-state index contributed by atoms with van der Waals surface area (Å²) < 4.78 is 0. The van der Waals surface area contributed by atoms with Gasteiger partial charge in [0.15, 0.2) is 0 Å². The smallest absolute Gasteiger partial charge is 0.239 e. The lowest BCUT2D eigenvalue weighted by Crippen LogP contribution is -2.50. The van der Waals surface area contributed by atoms with E-state index < -0.39 is 0 Å². The van der Waals surface area contributed by atoms with E-state index >= 15 is 0 Å². The third kappa shape index (κ3) is 3.93. The molecule has 0 radical (unpaired) electrons. The minimum Gasteiger partial charge on any atom is -0.396 e. The van der Waals surface area contributed by atoms with Gasteiger partial charge in [-0.1, -0.05) is 12.8 Å². The Labute approximate surface area is 116 Å². The maximum absolute atomic E-state index is 12.5. The SMILES string of the molecule is CC(C(=O)N1CCC(CO)CC1)N1CCCCCC1. The summed E-state index contributed by atoms with van der Waals surface area (Å²) in [6.45, 7) is 6.11. The van der Waals surface area contributed by atoms with E-state index in [1.165, 1.54) is 25.7 Å². The second kappa shape index (κ2) is 7.25. The van der Waals surface area contributed by atoms with E-state index in [0.29, 0.717) is 11.8 Å². The van der Waals surface area contributed by atoms with Crippen LogP contribution in [0.5, 0.6) is 0 Å². The minimum atomic E-state index is 0.0313. The van der Waals surface area contributed by atoms with Crippen molar-refractivity contribution < 1.29 is 9.90 Å². The van der Waals surface area contributed by atoms with Gasteiger partial charge < -0.3 is 10.0 Å². The maximum Gasteiger partial charge on any atom is 0.239 e. The Morgan fingerprint density at radius 2 is 1.68 bits per heavy atom. The number of likely N-dealkylation sites (tertiary alicyclic amines) is 2. The fraction of sp³-hybridized carbons (Fsp3) is 0.933. The Balaban J connectivity index is 1.84. The van der Waals surface area contributed by atoms with E-state index in [2.05, 4.69) is 11.8 Å². The fourth-order valence-electron chi connectivity index (χ4n) is 3.24. The van der Waals surface area contributed by atoms with Crippen molar-refractivity contribution in [1.82, 2.24) is 9.80 Å². The average Bonchev–Trinajstić information content (AvgIpc) is 2.75. The Kier molecular flexibility index (Phi) is 5.64. The molecule has 0 aromatic rings. The van der Waals surface area contributed by atoms with Gasteiger partial charge in [0.2, 0.25) is 5.91 Å². The summed E-state index contributed by atoms with van der Waals surface area (Å²) in [5.74, 6) is 0.691. The van der Waals surface area contributed by atoms with Crippen molar-refractivity contribution in [3.05, 3.63) is 0 Å². The number of aliphatic hydroxyl groups is 1. The number of hydrogen-bond donors (Lipinski definition) is 1. The second-order valence-electron chi connectivity index (χ2n) is 6.08. The summed E-state index contributed by atoms with van der Waals surface area (Å²) >= 11 is 0. The highest BCUT2D eigenvalue weighted by molar-refractivity contribution is 5.81. The molecule has 0 aromatic carbocycles. The number of aliphatic hydroxyl groups excluding tert-OH is 1. The molecule has 4 nitrogen and oxygen atoms in total. The van der Waals surface area contributed by atoms with Crippen molar-refractivity contribution in [3.8, 4) is 0 Å². The molecule has 2 heterocycles. The van der Waals surface area contributed by atoms with Gasteiger partial charge in [0.1, 0.15) is 0 Å².